The van der Waals surface area contributed by atoms with E-state index in [1.807, 2.05) is 82.3 Å². The fourth-order valence-electron chi connectivity index (χ4n) is 4.27. The van der Waals surface area contributed by atoms with Crippen molar-refractivity contribution in [3.63, 3.8) is 0 Å². The largest absolute Gasteiger partial charge is 0.352 e. The first kappa shape index (κ1) is 28.2. The summed E-state index contributed by atoms with van der Waals surface area (Å²) in [5, 5.41) is 4.59. The number of anilines is 1. The van der Waals surface area contributed by atoms with Crippen molar-refractivity contribution in [2.75, 3.05) is 17.1 Å². The Balaban J connectivity index is 2.01. The van der Waals surface area contributed by atoms with Crippen LogP contribution in [0.2, 0.25) is 0 Å². The van der Waals surface area contributed by atoms with E-state index in [9.17, 15) is 18.0 Å². The quantitative estimate of drug-likeness (QED) is 0.397. The van der Waals surface area contributed by atoms with E-state index in [0.29, 0.717) is 12.1 Å². The molecule has 3 aromatic carbocycles. The number of hydrogen-bond acceptors (Lipinski definition) is 4. The number of nitrogens with zero attached hydrogens (tertiary/aromatic N) is 2. The van der Waals surface area contributed by atoms with Gasteiger partial charge < -0.3 is 10.2 Å². The third-order valence-corrected chi connectivity index (χ3v) is 7.70. The number of sulfonamides is 1. The van der Waals surface area contributed by atoms with Gasteiger partial charge in [0.05, 0.1) is 11.9 Å². The van der Waals surface area contributed by atoms with Gasteiger partial charge in [0.25, 0.3) is 0 Å². The van der Waals surface area contributed by atoms with Crippen LogP contribution in [0.1, 0.15) is 44.7 Å². The summed E-state index contributed by atoms with van der Waals surface area (Å²) >= 11 is 0. The number of benzene rings is 3. The third kappa shape index (κ3) is 7.10. The molecule has 3 aromatic rings. The zero-order valence-corrected chi connectivity index (χ0v) is 23.1. The van der Waals surface area contributed by atoms with Crippen molar-refractivity contribution >= 4 is 38.3 Å². The van der Waals surface area contributed by atoms with Gasteiger partial charge in [-0.1, -0.05) is 80.1 Å². The molecule has 0 heterocycles. The Labute approximate surface area is 220 Å². The highest BCUT2D eigenvalue weighted by atomic mass is 32.2. The van der Waals surface area contributed by atoms with Crippen molar-refractivity contribution in [2.24, 2.45) is 0 Å². The van der Waals surface area contributed by atoms with Crippen LogP contribution in [0.15, 0.2) is 66.7 Å². The first-order valence-electron chi connectivity index (χ1n) is 12.7. The first-order chi connectivity index (χ1) is 17.5. The molecule has 0 saturated carbocycles. The van der Waals surface area contributed by atoms with E-state index in [2.05, 4.69) is 5.32 Å². The van der Waals surface area contributed by atoms with Gasteiger partial charge in [0.15, 0.2) is 0 Å². The van der Waals surface area contributed by atoms with Crippen LogP contribution in [-0.2, 0) is 26.2 Å². The number of carbonyl (C=O) groups excluding carboxylic acids is 2. The Hall–Kier alpha value is -3.39. The predicted octanol–water partition coefficient (Wildman–Crippen LogP) is 4.64. The molecule has 0 saturated heterocycles. The maximum absolute atomic E-state index is 13.9. The number of carbonyl (C=O) groups is 2. The standard InChI is InChI=1S/C29H37N3O4S/c1-6-22(4)30-29(34)26(7-2)31(19-23-17-15-21(3)16-18-23)28(33)20-32(37(5,35)36)27-14-10-12-24-11-8-9-13-25(24)27/h8-18,22,26H,6-7,19-20H2,1-5H3,(H,30,34)/t22-,26+/m1/s1. The molecule has 0 aliphatic rings. The van der Waals surface area contributed by atoms with Crippen LogP contribution < -0.4 is 9.62 Å². The van der Waals surface area contributed by atoms with Gasteiger partial charge in [-0.15, -0.1) is 0 Å². The molecular weight excluding hydrogens is 486 g/mol. The zero-order chi connectivity index (χ0) is 27.2. The molecule has 7 nitrogen and oxygen atoms in total. The second-order valence-electron chi connectivity index (χ2n) is 9.52. The Morgan fingerprint density at radius 1 is 0.919 bits per heavy atom. The molecule has 8 heteroatoms. The van der Waals surface area contributed by atoms with Crippen LogP contribution in [-0.4, -0.2) is 50.0 Å². The SMILES string of the molecule is CC[C@@H](C)NC(=O)[C@H](CC)N(Cc1ccc(C)cc1)C(=O)CN(c1cccc2ccccc12)S(C)(=O)=O. The summed E-state index contributed by atoms with van der Waals surface area (Å²) in [5.74, 6) is -0.682. The number of amides is 2. The summed E-state index contributed by atoms with van der Waals surface area (Å²) in [6.45, 7) is 7.52. The van der Waals surface area contributed by atoms with E-state index in [0.717, 1.165) is 38.9 Å². The highest BCUT2D eigenvalue weighted by Gasteiger charge is 2.32. The fraction of sp³-hybridized carbons (Fsp3) is 0.379. The molecule has 0 spiro atoms. The van der Waals surface area contributed by atoms with E-state index < -0.39 is 28.5 Å². The summed E-state index contributed by atoms with van der Waals surface area (Å²) in [7, 11) is -3.81. The highest BCUT2D eigenvalue weighted by molar-refractivity contribution is 7.92. The van der Waals surface area contributed by atoms with Crippen molar-refractivity contribution in [3.05, 3.63) is 77.9 Å². The minimum atomic E-state index is -3.81. The Kier molecular flexibility index (Phi) is 9.32. The van der Waals surface area contributed by atoms with Gasteiger partial charge in [-0.25, -0.2) is 8.42 Å². The Morgan fingerprint density at radius 2 is 1.57 bits per heavy atom. The number of aryl methyl sites for hydroxylation is 1. The maximum atomic E-state index is 13.9. The van der Waals surface area contributed by atoms with Gasteiger partial charge in [-0.3, -0.25) is 13.9 Å². The van der Waals surface area contributed by atoms with Gasteiger partial charge >= 0.3 is 0 Å². The van der Waals surface area contributed by atoms with Gasteiger partial charge in [-0.2, -0.15) is 0 Å². The van der Waals surface area contributed by atoms with Crippen LogP contribution in [0.4, 0.5) is 5.69 Å². The Morgan fingerprint density at radius 3 is 2.19 bits per heavy atom. The van der Waals surface area contributed by atoms with Crippen molar-refractivity contribution in [3.8, 4) is 0 Å². The molecule has 37 heavy (non-hydrogen) atoms. The Bertz CT molecular complexity index is 1330. The zero-order valence-electron chi connectivity index (χ0n) is 22.3. The molecule has 0 radical (unpaired) electrons. The highest BCUT2D eigenvalue weighted by Crippen LogP contribution is 2.29. The van der Waals surface area contributed by atoms with Crippen LogP contribution >= 0.6 is 0 Å². The molecule has 198 valence electrons. The second kappa shape index (κ2) is 12.2. The normalized spacial score (nSPS) is 13.1. The lowest BCUT2D eigenvalue weighted by molar-refractivity contribution is -0.140. The lowest BCUT2D eigenvalue weighted by atomic mass is 10.1. The maximum Gasteiger partial charge on any atom is 0.244 e. The van der Waals surface area contributed by atoms with E-state index in [4.69, 9.17) is 0 Å². The van der Waals surface area contributed by atoms with Crippen LogP contribution in [0, 0.1) is 6.92 Å². The lowest BCUT2D eigenvalue weighted by Gasteiger charge is -2.33. The van der Waals surface area contributed by atoms with Crippen LogP contribution in [0.25, 0.3) is 10.8 Å². The number of hydrogen-bond donors (Lipinski definition) is 1. The average Bonchev–Trinajstić information content (AvgIpc) is 2.87. The molecule has 0 aliphatic heterocycles. The summed E-state index contributed by atoms with van der Waals surface area (Å²) in [4.78, 5) is 28.6. The van der Waals surface area contributed by atoms with Crippen molar-refractivity contribution in [1.82, 2.24) is 10.2 Å². The molecule has 1 N–H and O–H groups in total. The molecular formula is C29H37N3O4S. The lowest BCUT2D eigenvalue weighted by Crippen LogP contribution is -2.53. The van der Waals surface area contributed by atoms with Gasteiger partial charge in [-0.05, 0) is 43.7 Å². The van der Waals surface area contributed by atoms with Gasteiger partial charge in [0, 0.05) is 18.0 Å². The predicted molar refractivity (Wildman–Crippen MR) is 150 cm³/mol. The molecule has 0 bridgehead atoms. The molecule has 0 fully saturated rings. The monoisotopic (exact) mass is 523 g/mol. The fourth-order valence-corrected chi connectivity index (χ4v) is 5.13. The van der Waals surface area contributed by atoms with E-state index in [1.54, 1.807) is 12.1 Å². The molecule has 0 aliphatic carbocycles. The second-order valence-corrected chi connectivity index (χ2v) is 11.4. The van der Waals surface area contributed by atoms with Crippen molar-refractivity contribution in [2.45, 2.75) is 59.2 Å². The van der Waals surface area contributed by atoms with E-state index in [-0.39, 0.29) is 18.5 Å². The van der Waals surface area contributed by atoms with Crippen molar-refractivity contribution in [1.29, 1.82) is 0 Å². The third-order valence-electron chi connectivity index (χ3n) is 6.57. The summed E-state index contributed by atoms with van der Waals surface area (Å²) in [5.41, 5.74) is 2.38. The van der Waals surface area contributed by atoms with E-state index in [1.165, 1.54) is 4.90 Å². The van der Waals surface area contributed by atoms with Gasteiger partial charge in [0.1, 0.15) is 12.6 Å². The van der Waals surface area contributed by atoms with E-state index >= 15 is 0 Å². The molecule has 3 rings (SSSR count). The molecule has 2 atom stereocenters. The summed E-state index contributed by atoms with van der Waals surface area (Å²) in [6.07, 6.45) is 2.25. The molecule has 0 unspecified atom stereocenters. The minimum absolute atomic E-state index is 0.0407. The van der Waals surface area contributed by atoms with Crippen LogP contribution in [0.5, 0.6) is 0 Å². The van der Waals surface area contributed by atoms with Crippen LogP contribution in [0.3, 0.4) is 0 Å². The summed E-state index contributed by atoms with van der Waals surface area (Å²) < 4.78 is 27.1. The van der Waals surface area contributed by atoms with Crippen molar-refractivity contribution < 1.29 is 18.0 Å². The van der Waals surface area contributed by atoms with Gasteiger partial charge in [0.2, 0.25) is 21.8 Å². The number of fused-ring (bicyclic) bond motifs is 1. The number of rotatable bonds is 11. The topological polar surface area (TPSA) is 86.8 Å². The molecule has 2 amide bonds. The smallest absolute Gasteiger partial charge is 0.244 e. The summed E-state index contributed by atoms with van der Waals surface area (Å²) in [6, 6.07) is 19.8. The average molecular weight is 524 g/mol. The number of nitrogens with one attached hydrogen (secondary N) is 1. The first-order valence-corrected chi connectivity index (χ1v) is 14.5. The minimum Gasteiger partial charge on any atom is -0.352 e. The molecule has 0 aromatic heterocycles.